The van der Waals surface area contributed by atoms with E-state index in [9.17, 15) is 0 Å². The van der Waals surface area contributed by atoms with Gasteiger partial charge >= 0.3 is 0 Å². The maximum absolute atomic E-state index is 5.53. The predicted octanol–water partition coefficient (Wildman–Crippen LogP) is 4.80. The molecular weight excluding hydrogens is 426 g/mol. The van der Waals surface area contributed by atoms with E-state index in [2.05, 4.69) is 64.4 Å². The molecule has 0 unspecified atom stereocenters. The lowest BCUT2D eigenvalue weighted by Gasteiger charge is -2.33. The highest BCUT2D eigenvalue weighted by Crippen LogP contribution is 2.24. The molecular formula is C26H33N7O. The zero-order valence-corrected chi connectivity index (χ0v) is 20.2. The van der Waals surface area contributed by atoms with Crippen LogP contribution in [0.25, 0.3) is 22.2 Å². The molecule has 0 amide bonds. The Kier molecular flexibility index (Phi) is 6.60. The fourth-order valence-corrected chi connectivity index (χ4v) is 4.35. The number of pyridine rings is 2. The van der Waals surface area contributed by atoms with E-state index in [-0.39, 0.29) is 0 Å². The van der Waals surface area contributed by atoms with E-state index in [4.69, 9.17) is 9.72 Å². The van der Waals surface area contributed by atoms with Gasteiger partial charge < -0.3 is 15.0 Å². The molecule has 4 aromatic rings. The third-order valence-corrected chi connectivity index (χ3v) is 6.48. The van der Waals surface area contributed by atoms with Gasteiger partial charge in [-0.05, 0) is 49.1 Å². The van der Waals surface area contributed by atoms with Gasteiger partial charge in [-0.25, -0.2) is 4.98 Å². The van der Waals surface area contributed by atoms with Gasteiger partial charge in [-0.3, -0.25) is 14.6 Å². The molecule has 1 aliphatic rings. The first-order chi connectivity index (χ1) is 16.5. The van der Waals surface area contributed by atoms with Crippen LogP contribution in [0.4, 0.5) is 11.6 Å². The molecule has 0 saturated carbocycles. The van der Waals surface area contributed by atoms with Crippen LogP contribution in [0.5, 0.6) is 0 Å². The van der Waals surface area contributed by atoms with Crippen LogP contribution in [0, 0.1) is 0 Å². The number of morpholine rings is 1. The molecule has 0 spiro atoms. The van der Waals surface area contributed by atoms with Crippen molar-refractivity contribution in [1.82, 2.24) is 29.6 Å². The lowest BCUT2D eigenvalue weighted by Crippen LogP contribution is -2.44. The average molecular weight is 460 g/mol. The summed E-state index contributed by atoms with van der Waals surface area (Å²) in [5, 5.41) is 7.94. The van der Waals surface area contributed by atoms with Gasteiger partial charge in [0, 0.05) is 55.4 Å². The standard InChI is InChI=1S/C26H33N7O/c1-18(2)20-12-26(28-13-20)31-25-6-5-23-24(30-25)11-21(14-27-23)22-15-29-33(16-22)8-4-7-32-9-10-34-17-19(32)3/h5-6,11-16,18-19,28H,4,7-10,17H2,1-3H3,(H,30,31)/t19-/m0/s1. The highest BCUT2D eigenvalue weighted by molar-refractivity contribution is 5.81. The number of hydrogen-bond acceptors (Lipinski definition) is 6. The summed E-state index contributed by atoms with van der Waals surface area (Å²) in [7, 11) is 0. The van der Waals surface area contributed by atoms with Crippen molar-refractivity contribution < 1.29 is 4.74 Å². The van der Waals surface area contributed by atoms with Crippen LogP contribution in [0.2, 0.25) is 0 Å². The van der Waals surface area contributed by atoms with Crippen molar-refractivity contribution in [1.29, 1.82) is 0 Å². The number of rotatable bonds is 8. The first-order valence-corrected chi connectivity index (χ1v) is 12.1. The number of aromatic amines is 1. The smallest absolute Gasteiger partial charge is 0.132 e. The van der Waals surface area contributed by atoms with E-state index in [0.29, 0.717) is 12.0 Å². The first kappa shape index (κ1) is 22.6. The quantitative estimate of drug-likeness (QED) is 0.394. The number of aromatic nitrogens is 5. The van der Waals surface area contributed by atoms with Crippen LogP contribution in [-0.4, -0.2) is 62.0 Å². The van der Waals surface area contributed by atoms with E-state index >= 15 is 0 Å². The second kappa shape index (κ2) is 9.95. The molecule has 8 heteroatoms. The lowest BCUT2D eigenvalue weighted by molar-refractivity contribution is -0.00119. The lowest BCUT2D eigenvalue weighted by atomic mass is 10.1. The highest BCUT2D eigenvalue weighted by Gasteiger charge is 2.18. The van der Waals surface area contributed by atoms with Gasteiger partial charge in [0.05, 0.1) is 30.4 Å². The number of anilines is 2. The van der Waals surface area contributed by atoms with E-state index in [1.807, 2.05) is 35.4 Å². The third-order valence-electron chi connectivity index (χ3n) is 6.48. The van der Waals surface area contributed by atoms with Gasteiger partial charge in [-0.1, -0.05) is 13.8 Å². The largest absolute Gasteiger partial charge is 0.379 e. The van der Waals surface area contributed by atoms with Crippen LogP contribution < -0.4 is 5.32 Å². The summed E-state index contributed by atoms with van der Waals surface area (Å²) in [6.07, 6.45) is 9.00. The molecule has 1 aliphatic heterocycles. The summed E-state index contributed by atoms with van der Waals surface area (Å²) in [5.74, 6) is 2.20. The summed E-state index contributed by atoms with van der Waals surface area (Å²) < 4.78 is 7.55. The van der Waals surface area contributed by atoms with Crippen LogP contribution in [0.3, 0.4) is 0 Å². The Morgan fingerprint density at radius 3 is 2.88 bits per heavy atom. The van der Waals surface area contributed by atoms with E-state index in [0.717, 1.165) is 73.1 Å². The Bertz CT molecular complexity index is 1240. The summed E-state index contributed by atoms with van der Waals surface area (Å²) in [4.78, 5) is 15.2. The second-order valence-electron chi connectivity index (χ2n) is 9.39. The molecule has 4 aromatic heterocycles. The number of ether oxygens (including phenoxy) is 1. The van der Waals surface area contributed by atoms with Crippen molar-refractivity contribution in [3.63, 3.8) is 0 Å². The highest BCUT2D eigenvalue weighted by atomic mass is 16.5. The Morgan fingerprint density at radius 1 is 1.15 bits per heavy atom. The maximum Gasteiger partial charge on any atom is 0.132 e. The molecule has 178 valence electrons. The Morgan fingerprint density at radius 2 is 2.06 bits per heavy atom. The average Bonchev–Trinajstić information content (AvgIpc) is 3.50. The number of aryl methyl sites for hydroxylation is 1. The van der Waals surface area contributed by atoms with Gasteiger partial charge in [-0.2, -0.15) is 5.10 Å². The molecule has 1 atom stereocenters. The minimum absolute atomic E-state index is 0.479. The van der Waals surface area contributed by atoms with Crippen molar-refractivity contribution in [2.45, 2.75) is 45.7 Å². The monoisotopic (exact) mass is 459 g/mol. The SMILES string of the molecule is CC(C)c1c[nH]c(Nc2ccc3ncc(-c4cnn(CCCN5CCOC[C@@H]5C)c4)cc3n2)c1. The van der Waals surface area contributed by atoms with Crippen molar-refractivity contribution in [3.8, 4) is 11.1 Å². The van der Waals surface area contributed by atoms with Crippen LogP contribution in [0.1, 0.15) is 38.7 Å². The maximum atomic E-state index is 5.53. The zero-order valence-electron chi connectivity index (χ0n) is 20.2. The summed E-state index contributed by atoms with van der Waals surface area (Å²) in [5.41, 5.74) is 5.07. The van der Waals surface area contributed by atoms with Crippen molar-refractivity contribution in [3.05, 3.63) is 54.6 Å². The molecule has 0 aliphatic carbocycles. The number of nitrogens with zero attached hydrogens (tertiary/aromatic N) is 5. The third kappa shape index (κ3) is 5.13. The van der Waals surface area contributed by atoms with Gasteiger partial charge in [0.1, 0.15) is 11.6 Å². The van der Waals surface area contributed by atoms with Gasteiger partial charge in [0.2, 0.25) is 0 Å². The molecule has 0 bridgehead atoms. The molecule has 0 aromatic carbocycles. The van der Waals surface area contributed by atoms with Crippen molar-refractivity contribution in [2.75, 3.05) is 31.6 Å². The molecule has 1 fully saturated rings. The zero-order chi connectivity index (χ0) is 23.5. The normalized spacial score (nSPS) is 17.0. The summed E-state index contributed by atoms with van der Waals surface area (Å²) >= 11 is 0. The van der Waals surface area contributed by atoms with Crippen LogP contribution in [-0.2, 0) is 11.3 Å². The molecule has 5 heterocycles. The molecule has 1 saturated heterocycles. The molecule has 2 N–H and O–H groups in total. The number of fused-ring (bicyclic) bond motifs is 1. The summed E-state index contributed by atoms with van der Waals surface area (Å²) in [6, 6.07) is 8.65. The van der Waals surface area contributed by atoms with E-state index in [1.165, 1.54) is 5.56 Å². The van der Waals surface area contributed by atoms with E-state index in [1.54, 1.807) is 0 Å². The first-order valence-electron chi connectivity index (χ1n) is 12.1. The Balaban J connectivity index is 1.25. The van der Waals surface area contributed by atoms with Crippen molar-refractivity contribution >= 4 is 22.7 Å². The number of hydrogen-bond donors (Lipinski definition) is 2. The fraction of sp³-hybridized carbons (Fsp3) is 0.423. The predicted molar refractivity (Wildman–Crippen MR) is 135 cm³/mol. The minimum Gasteiger partial charge on any atom is -0.379 e. The van der Waals surface area contributed by atoms with E-state index < -0.39 is 0 Å². The van der Waals surface area contributed by atoms with Crippen LogP contribution >= 0.6 is 0 Å². The molecule has 34 heavy (non-hydrogen) atoms. The summed E-state index contributed by atoms with van der Waals surface area (Å²) in [6.45, 7) is 11.2. The Labute approximate surface area is 200 Å². The van der Waals surface area contributed by atoms with Crippen LogP contribution in [0.15, 0.2) is 49.1 Å². The number of H-pyrrole nitrogens is 1. The minimum atomic E-state index is 0.479. The molecule has 5 rings (SSSR count). The number of nitrogens with one attached hydrogen (secondary N) is 2. The Hall–Kier alpha value is -3.23. The molecule has 8 nitrogen and oxygen atoms in total. The van der Waals surface area contributed by atoms with Gasteiger partial charge in [0.15, 0.2) is 0 Å². The molecule has 0 radical (unpaired) electrons. The fourth-order valence-electron chi connectivity index (χ4n) is 4.35. The second-order valence-corrected chi connectivity index (χ2v) is 9.39. The van der Waals surface area contributed by atoms with Crippen molar-refractivity contribution in [2.24, 2.45) is 0 Å². The van der Waals surface area contributed by atoms with Gasteiger partial charge in [0.25, 0.3) is 0 Å². The van der Waals surface area contributed by atoms with Gasteiger partial charge in [-0.15, -0.1) is 0 Å². The topological polar surface area (TPSA) is 83.9 Å².